The number of unbranched alkanes of at least 4 members (excludes halogenated alkanes) is 2. The van der Waals surface area contributed by atoms with E-state index in [2.05, 4.69) is 88.0 Å². The summed E-state index contributed by atoms with van der Waals surface area (Å²) >= 11 is 0. The molecule has 0 aliphatic heterocycles. The van der Waals surface area contributed by atoms with Crippen LogP contribution in [0.15, 0.2) is 73.3 Å². The first-order valence-corrected chi connectivity index (χ1v) is 11.9. The molecule has 1 atom stereocenters. The molecule has 2 aromatic rings. The summed E-state index contributed by atoms with van der Waals surface area (Å²) in [6.45, 7) is 11.3. The van der Waals surface area contributed by atoms with Gasteiger partial charge in [-0.25, -0.2) is 0 Å². The third kappa shape index (κ3) is 5.41. The molecule has 3 heteroatoms. The number of rotatable bonds is 10. The Morgan fingerprint density at radius 3 is 1.89 bits per heavy atom. The van der Waals surface area contributed by atoms with Gasteiger partial charge in [0.15, 0.2) is 0 Å². The molecule has 0 saturated carbocycles. The largest absolute Gasteiger partial charge is 0.407 e. The summed E-state index contributed by atoms with van der Waals surface area (Å²) in [6, 6.07) is 21.5. The standard InChI is InChI=1S/C24H34O2Si/c1-5-21(25)15-9-8-14-20-26-27(24(2,3)4,22-16-10-6-11-17-22)23-18-12-7-13-19-23/h5-7,10-13,16-19,21,25H,1,8-9,14-15,20H2,2-4H3. The van der Waals surface area contributed by atoms with Gasteiger partial charge in [0.1, 0.15) is 0 Å². The quantitative estimate of drug-likeness (QED) is 0.367. The summed E-state index contributed by atoms with van der Waals surface area (Å²) in [5, 5.41) is 12.3. The topological polar surface area (TPSA) is 29.5 Å². The molecule has 0 aliphatic rings. The maximum absolute atomic E-state index is 9.61. The van der Waals surface area contributed by atoms with Gasteiger partial charge in [-0.3, -0.25) is 0 Å². The average molecular weight is 383 g/mol. The smallest absolute Gasteiger partial charge is 0.261 e. The van der Waals surface area contributed by atoms with Gasteiger partial charge >= 0.3 is 0 Å². The Kier molecular flexibility index (Phi) is 8.02. The first-order valence-electron chi connectivity index (χ1n) is 9.97. The summed E-state index contributed by atoms with van der Waals surface area (Å²) in [7, 11) is -2.40. The molecule has 27 heavy (non-hydrogen) atoms. The van der Waals surface area contributed by atoms with Crippen LogP contribution in [0.5, 0.6) is 0 Å². The second-order valence-corrected chi connectivity index (χ2v) is 12.5. The van der Waals surface area contributed by atoms with Gasteiger partial charge in [-0.2, -0.15) is 0 Å². The molecule has 0 amide bonds. The highest BCUT2D eigenvalue weighted by atomic mass is 28.4. The van der Waals surface area contributed by atoms with E-state index in [0.29, 0.717) is 0 Å². The molecule has 0 spiro atoms. The Bertz CT molecular complexity index is 637. The van der Waals surface area contributed by atoms with Crippen LogP contribution in [0.1, 0.15) is 46.5 Å². The normalized spacial score (nSPS) is 13.3. The lowest BCUT2D eigenvalue weighted by atomic mass is 10.1. The number of aliphatic hydroxyl groups excluding tert-OH is 1. The van der Waals surface area contributed by atoms with E-state index in [1.54, 1.807) is 6.08 Å². The van der Waals surface area contributed by atoms with Crippen LogP contribution in [0, 0.1) is 0 Å². The molecule has 0 radical (unpaired) electrons. The predicted molar refractivity (Wildman–Crippen MR) is 118 cm³/mol. The van der Waals surface area contributed by atoms with Crippen LogP contribution in [0.3, 0.4) is 0 Å². The molecule has 0 aromatic heterocycles. The van der Waals surface area contributed by atoms with Crippen LogP contribution in [-0.4, -0.2) is 26.1 Å². The van der Waals surface area contributed by atoms with Crippen LogP contribution in [0.4, 0.5) is 0 Å². The molecular weight excluding hydrogens is 348 g/mol. The lowest BCUT2D eigenvalue weighted by Crippen LogP contribution is -2.66. The Balaban J connectivity index is 2.21. The van der Waals surface area contributed by atoms with Crippen molar-refractivity contribution in [2.45, 2.75) is 57.6 Å². The third-order valence-corrected chi connectivity index (χ3v) is 10.2. The molecule has 0 fully saturated rings. The van der Waals surface area contributed by atoms with Crippen molar-refractivity contribution in [1.82, 2.24) is 0 Å². The molecule has 1 unspecified atom stereocenters. The molecule has 1 N–H and O–H groups in total. The van der Waals surface area contributed by atoms with Crippen molar-refractivity contribution in [3.63, 3.8) is 0 Å². The molecule has 0 aliphatic carbocycles. The van der Waals surface area contributed by atoms with Gasteiger partial charge in [-0.15, -0.1) is 6.58 Å². The number of aliphatic hydroxyl groups is 1. The summed E-state index contributed by atoms with van der Waals surface area (Å²) in [6.07, 6.45) is 5.07. The lowest BCUT2D eigenvalue weighted by Gasteiger charge is -2.43. The van der Waals surface area contributed by atoms with E-state index >= 15 is 0 Å². The second-order valence-electron chi connectivity index (χ2n) is 8.16. The van der Waals surface area contributed by atoms with Crippen LogP contribution in [0.2, 0.25) is 5.04 Å². The van der Waals surface area contributed by atoms with E-state index in [1.165, 1.54) is 10.4 Å². The van der Waals surface area contributed by atoms with Crippen LogP contribution < -0.4 is 10.4 Å². The Morgan fingerprint density at radius 2 is 1.44 bits per heavy atom. The van der Waals surface area contributed by atoms with E-state index in [9.17, 15) is 5.11 Å². The minimum Gasteiger partial charge on any atom is -0.407 e. The van der Waals surface area contributed by atoms with E-state index < -0.39 is 8.32 Å². The Morgan fingerprint density at radius 1 is 0.926 bits per heavy atom. The Labute approximate surface area is 166 Å². The molecule has 0 heterocycles. The van der Waals surface area contributed by atoms with Gasteiger partial charge in [0.05, 0.1) is 6.10 Å². The van der Waals surface area contributed by atoms with Crippen LogP contribution in [-0.2, 0) is 4.43 Å². The van der Waals surface area contributed by atoms with Gasteiger partial charge in [0.2, 0.25) is 0 Å². The molecule has 0 saturated heterocycles. The van der Waals surface area contributed by atoms with Gasteiger partial charge in [-0.05, 0) is 28.3 Å². The first-order chi connectivity index (χ1) is 12.9. The van der Waals surface area contributed by atoms with E-state index in [-0.39, 0.29) is 11.1 Å². The first kappa shape index (κ1) is 21.6. The minimum atomic E-state index is -2.40. The molecule has 2 rings (SSSR count). The van der Waals surface area contributed by atoms with Gasteiger partial charge in [-0.1, -0.05) is 100 Å². The van der Waals surface area contributed by atoms with Crippen molar-refractivity contribution >= 4 is 18.7 Å². The number of hydrogen-bond acceptors (Lipinski definition) is 2. The van der Waals surface area contributed by atoms with Crippen molar-refractivity contribution in [3.05, 3.63) is 73.3 Å². The van der Waals surface area contributed by atoms with E-state index in [4.69, 9.17) is 4.43 Å². The summed E-state index contributed by atoms with van der Waals surface area (Å²) in [5.74, 6) is 0. The maximum atomic E-state index is 9.61. The SMILES string of the molecule is C=CC(O)CCCCCO[Si](c1ccccc1)(c1ccccc1)C(C)(C)C. The second kappa shape index (κ2) is 10.0. The highest BCUT2D eigenvalue weighted by Gasteiger charge is 2.49. The zero-order valence-corrected chi connectivity index (χ0v) is 18.0. The monoisotopic (exact) mass is 382 g/mol. The van der Waals surface area contributed by atoms with Crippen molar-refractivity contribution < 1.29 is 9.53 Å². The molecule has 0 bridgehead atoms. The van der Waals surface area contributed by atoms with E-state index in [0.717, 1.165) is 32.3 Å². The fourth-order valence-electron chi connectivity index (χ4n) is 3.74. The zero-order chi connectivity index (χ0) is 19.8. The molecule has 2 aromatic carbocycles. The minimum absolute atomic E-state index is 0.0226. The van der Waals surface area contributed by atoms with Crippen LogP contribution in [0.25, 0.3) is 0 Å². The van der Waals surface area contributed by atoms with Gasteiger partial charge < -0.3 is 9.53 Å². The summed E-state index contributed by atoms with van der Waals surface area (Å²) in [5.41, 5.74) is 0. The van der Waals surface area contributed by atoms with Crippen molar-refractivity contribution in [3.8, 4) is 0 Å². The highest BCUT2D eigenvalue weighted by molar-refractivity contribution is 6.99. The summed E-state index contributed by atoms with van der Waals surface area (Å²) in [4.78, 5) is 0. The van der Waals surface area contributed by atoms with Crippen molar-refractivity contribution in [2.24, 2.45) is 0 Å². The number of hydrogen-bond donors (Lipinski definition) is 1. The van der Waals surface area contributed by atoms with Crippen molar-refractivity contribution in [2.75, 3.05) is 6.61 Å². The van der Waals surface area contributed by atoms with Gasteiger partial charge in [0, 0.05) is 6.61 Å². The fraction of sp³-hybridized carbons (Fsp3) is 0.417. The van der Waals surface area contributed by atoms with E-state index in [1.807, 2.05) is 0 Å². The molecule has 146 valence electrons. The molecular formula is C24H34O2Si. The maximum Gasteiger partial charge on any atom is 0.261 e. The third-order valence-electron chi connectivity index (χ3n) is 5.15. The van der Waals surface area contributed by atoms with Crippen molar-refractivity contribution in [1.29, 1.82) is 0 Å². The predicted octanol–water partition coefficient (Wildman–Crippen LogP) is 4.67. The number of benzene rings is 2. The fourth-order valence-corrected chi connectivity index (χ4v) is 8.34. The highest BCUT2D eigenvalue weighted by Crippen LogP contribution is 2.36. The zero-order valence-electron chi connectivity index (χ0n) is 17.0. The lowest BCUT2D eigenvalue weighted by molar-refractivity contribution is 0.206. The average Bonchev–Trinajstić information content (AvgIpc) is 2.67. The van der Waals surface area contributed by atoms with Crippen LogP contribution >= 0.6 is 0 Å². The summed E-state index contributed by atoms with van der Waals surface area (Å²) < 4.78 is 6.86. The molecule has 2 nitrogen and oxygen atoms in total. The van der Waals surface area contributed by atoms with Gasteiger partial charge in [0.25, 0.3) is 8.32 Å². The Hall–Kier alpha value is -1.68.